The van der Waals surface area contributed by atoms with Crippen molar-refractivity contribution in [2.75, 3.05) is 20.2 Å². The number of rotatable bonds is 5. The van der Waals surface area contributed by atoms with E-state index in [1.807, 2.05) is 0 Å². The molecule has 0 bridgehead atoms. The number of piperidine rings is 1. The van der Waals surface area contributed by atoms with E-state index in [0.29, 0.717) is 5.92 Å². The quantitative estimate of drug-likeness (QED) is 0.861. The fourth-order valence-corrected chi connectivity index (χ4v) is 3.19. The summed E-state index contributed by atoms with van der Waals surface area (Å²) in [5.41, 5.74) is 2.88. The molecular formula is C16H25NO. The predicted molar refractivity (Wildman–Crippen MR) is 75.8 cm³/mol. The number of nitrogens with one attached hydrogen (secondary N) is 1. The van der Waals surface area contributed by atoms with Crippen LogP contribution in [0.25, 0.3) is 0 Å². The monoisotopic (exact) mass is 247 g/mol. The van der Waals surface area contributed by atoms with Crippen molar-refractivity contribution in [2.24, 2.45) is 5.92 Å². The summed E-state index contributed by atoms with van der Waals surface area (Å²) in [5, 5.41) is 3.54. The van der Waals surface area contributed by atoms with Crippen molar-refractivity contribution in [1.29, 1.82) is 0 Å². The van der Waals surface area contributed by atoms with E-state index in [9.17, 15) is 0 Å². The Hall–Kier alpha value is -0.860. The molecule has 18 heavy (non-hydrogen) atoms. The fraction of sp³-hybridized carbons (Fsp3) is 0.625. The second kappa shape index (κ2) is 6.91. The molecule has 0 amide bonds. The summed E-state index contributed by atoms with van der Waals surface area (Å²) in [6.45, 7) is 5.33. The Morgan fingerprint density at radius 1 is 1.33 bits per heavy atom. The van der Waals surface area contributed by atoms with Crippen molar-refractivity contribution in [3.8, 4) is 0 Å². The number of ether oxygens (including phenoxy) is 1. The van der Waals surface area contributed by atoms with Crippen LogP contribution in [0.5, 0.6) is 0 Å². The standard InChI is InChI=1S/C16H25NO/c1-3-6-13-11-17-10-9-16(13)15-8-5-4-7-14(15)12-18-2/h4-5,7-8,13,16-17H,3,6,9-12H2,1-2H3. The molecule has 0 saturated carbocycles. The first-order valence-corrected chi connectivity index (χ1v) is 7.14. The van der Waals surface area contributed by atoms with Crippen LogP contribution in [0, 0.1) is 5.92 Å². The highest BCUT2D eigenvalue weighted by atomic mass is 16.5. The van der Waals surface area contributed by atoms with Crippen molar-refractivity contribution >= 4 is 0 Å². The largest absolute Gasteiger partial charge is 0.380 e. The van der Waals surface area contributed by atoms with Gasteiger partial charge in [0.25, 0.3) is 0 Å². The first kappa shape index (κ1) is 13.6. The van der Waals surface area contributed by atoms with Crippen molar-refractivity contribution in [2.45, 2.75) is 38.7 Å². The van der Waals surface area contributed by atoms with E-state index in [2.05, 4.69) is 36.5 Å². The number of hydrogen-bond acceptors (Lipinski definition) is 2. The zero-order valence-corrected chi connectivity index (χ0v) is 11.6. The van der Waals surface area contributed by atoms with Gasteiger partial charge in [0.05, 0.1) is 6.61 Å². The van der Waals surface area contributed by atoms with Gasteiger partial charge >= 0.3 is 0 Å². The maximum Gasteiger partial charge on any atom is 0.0715 e. The van der Waals surface area contributed by atoms with Crippen molar-refractivity contribution in [1.82, 2.24) is 5.32 Å². The van der Waals surface area contributed by atoms with Crippen LogP contribution in [0.15, 0.2) is 24.3 Å². The van der Waals surface area contributed by atoms with E-state index in [1.165, 1.54) is 36.9 Å². The molecule has 1 fully saturated rings. The zero-order valence-electron chi connectivity index (χ0n) is 11.6. The van der Waals surface area contributed by atoms with Crippen LogP contribution in [0.2, 0.25) is 0 Å². The van der Waals surface area contributed by atoms with Gasteiger partial charge in [-0.1, -0.05) is 37.6 Å². The molecule has 2 unspecified atom stereocenters. The Balaban J connectivity index is 2.21. The molecule has 2 rings (SSSR count). The molecule has 1 N–H and O–H groups in total. The van der Waals surface area contributed by atoms with Crippen LogP contribution in [-0.2, 0) is 11.3 Å². The van der Waals surface area contributed by atoms with Crippen LogP contribution in [-0.4, -0.2) is 20.2 Å². The van der Waals surface area contributed by atoms with Gasteiger partial charge < -0.3 is 10.1 Å². The molecule has 1 aromatic rings. The van der Waals surface area contributed by atoms with E-state index in [0.717, 1.165) is 19.1 Å². The molecule has 1 aliphatic heterocycles. The van der Waals surface area contributed by atoms with Crippen LogP contribution in [0.4, 0.5) is 0 Å². The summed E-state index contributed by atoms with van der Waals surface area (Å²) in [5.74, 6) is 1.49. The second-order valence-electron chi connectivity index (χ2n) is 5.28. The minimum Gasteiger partial charge on any atom is -0.380 e. The highest BCUT2D eigenvalue weighted by Gasteiger charge is 2.26. The zero-order chi connectivity index (χ0) is 12.8. The first-order chi connectivity index (χ1) is 8.86. The van der Waals surface area contributed by atoms with Crippen LogP contribution in [0.1, 0.15) is 43.2 Å². The van der Waals surface area contributed by atoms with Gasteiger partial charge in [0.2, 0.25) is 0 Å². The lowest BCUT2D eigenvalue weighted by molar-refractivity contribution is 0.182. The van der Waals surface area contributed by atoms with Crippen LogP contribution < -0.4 is 5.32 Å². The molecule has 2 heteroatoms. The summed E-state index contributed by atoms with van der Waals surface area (Å²) in [7, 11) is 1.78. The van der Waals surface area contributed by atoms with E-state index in [-0.39, 0.29) is 0 Å². The summed E-state index contributed by atoms with van der Waals surface area (Å²) in [6.07, 6.45) is 3.85. The number of benzene rings is 1. The third-order valence-electron chi connectivity index (χ3n) is 4.02. The molecule has 100 valence electrons. The summed E-state index contributed by atoms with van der Waals surface area (Å²) in [4.78, 5) is 0. The molecule has 2 nitrogen and oxygen atoms in total. The van der Waals surface area contributed by atoms with Gasteiger partial charge in [0, 0.05) is 7.11 Å². The maximum absolute atomic E-state index is 5.34. The molecular weight excluding hydrogens is 222 g/mol. The van der Waals surface area contributed by atoms with E-state index in [4.69, 9.17) is 4.74 Å². The third-order valence-corrected chi connectivity index (χ3v) is 4.02. The minimum atomic E-state index is 0.706. The van der Waals surface area contributed by atoms with Gasteiger partial charge in [-0.15, -0.1) is 0 Å². The molecule has 0 radical (unpaired) electrons. The topological polar surface area (TPSA) is 21.3 Å². The molecule has 1 heterocycles. The van der Waals surface area contributed by atoms with E-state index in [1.54, 1.807) is 7.11 Å². The Morgan fingerprint density at radius 3 is 2.94 bits per heavy atom. The fourth-order valence-electron chi connectivity index (χ4n) is 3.19. The maximum atomic E-state index is 5.34. The smallest absolute Gasteiger partial charge is 0.0715 e. The molecule has 0 aromatic heterocycles. The number of hydrogen-bond donors (Lipinski definition) is 1. The summed E-state index contributed by atoms with van der Waals surface area (Å²) >= 11 is 0. The van der Waals surface area contributed by atoms with Gasteiger partial charge in [-0.3, -0.25) is 0 Å². The molecule has 0 aliphatic carbocycles. The Bertz CT molecular complexity index is 362. The van der Waals surface area contributed by atoms with Gasteiger partial charge in [0.1, 0.15) is 0 Å². The van der Waals surface area contributed by atoms with E-state index < -0.39 is 0 Å². The average Bonchev–Trinajstić information content (AvgIpc) is 2.41. The highest BCUT2D eigenvalue weighted by molar-refractivity contribution is 5.31. The second-order valence-corrected chi connectivity index (χ2v) is 5.28. The lowest BCUT2D eigenvalue weighted by Gasteiger charge is -2.33. The minimum absolute atomic E-state index is 0.706. The van der Waals surface area contributed by atoms with Crippen molar-refractivity contribution < 1.29 is 4.74 Å². The van der Waals surface area contributed by atoms with Crippen LogP contribution in [0.3, 0.4) is 0 Å². The van der Waals surface area contributed by atoms with Gasteiger partial charge in [-0.05, 0) is 48.9 Å². The lowest BCUT2D eigenvalue weighted by Crippen LogP contribution is -2.35. The van der Waals surface area contributed by atoms with Crippen molar-refractivity contribution in [3.63, 3.8) is 0 Å². The summed E-state index contributed by atoms with van der Waals surface area (Å²) < 4.78 is 5.34. The normalized spacial score (nSPS) is 24.1. The first-order valence-electron chi connectivity index (χ1n) is 7.14. The Morgan fingerprint density at radius 2 is 2.17 bits per heavy atom. The molecule has 1 aliphatic rings. The van der Waals surface area contributed by atoms with Gasteiger partial charge in [-0.25, -0.2) is 0 Å². The summed E-state index contributed by atoms with van der Waals surface area (Å²) in [6, 6.07) is 8.80. The van der Waals surface area contributed by atoms with Gasteiger partial charge in [-0.2, -0.15) is 0 Å². The van der Waals surface area contributed by atoms with E-state index >= 15 is 0 Å². The Labute approximate surface area is 111 Å². The Kier molecular flexibility index (Phi) is 5.21. The number of methoxy groups -OCH3 is 1. The molecule has 1 saturated heterocycles. The highest BCUT2D eigenvalue weighted by Crippen LogP contribution is 2.35. The molecule has 0 spiro atoms. The predicted octanol–water partition coefficient (Wildman–Crippen LogP) is 3.33. The van der Waals surface area contributed by atoms with Crippen molar-refractivity contribution in [3.05, 3.63) is 35.4 Å². The average molecular weight is 247 g/mol. The lowest BCUT2D eigenvalue weighted by atomic mass is 9.77. The third kappa shape index (κ3) is 3.12. The molecule has 2 atom stereocenters. The SMILES string of the molecule is CCCC1CNCCC1c1ccccc1COC. The van der Waals surface area contributed by atoms with Crippen LogP contribution >= 0.6 is 0 Å². The molecule has 1 aromatic carbocycles. The van der Waals surface area contributed by atoms with Gasteiger partial charge in [0.15, 0.2) is 0 Å².